The van der Waals surface area contributed by atoms with E-state index in [0.29, 0.717) is 0 Å². The Balaban J connectivity index is 0.00000144. The normalized spacial score (nSPS) is 29.3. The lowest BCUT2D eigenvalue weighted by Gasteiger charge is -2.23. The number of likely N-dealkylation sites (tertiary alicyclic amines) is 1. The molecule has 0 N–H and O–H groups in total. The van der Waals surface area contributed by atoms with Crippen molar-refractivity contribution in [2.75, 3.05) is 13.1 Å². The summed E-state index contributed by atoms with van der Waals surface area (Å²) in [4.78, 5) is 2.64. The van der Waals surface area contributed by atoms with Crippen molar-refractivity contribution >= 4 is 12.4 Å². The highest BCUT2D eigenvalue weighted by Gasteiger charge is 2.26. The summed E-state index contributed by atoms with van der Waals surface area (Å²) < 4.78 is 0. The van der Waals surface area contributed by atoms with Crippen LogP contribution in [0.15, 0.2) is 0 Å². The maximum Gasteiger partial charge on any atom is 0.00930 e. The van der Waals surface area contributed by atoms with Gasteiger partial charge in [0.25, 0.3) is 0 Å². The molecule has 0 aromatic carbocycles. The Kier molecular flexibility index (Phi) is 5.98. The molecule has 1 saturated heterocycles. The number of hydrogen-bond donors (Lipinski definition) is 0. The molecule has 0 aromatic heterocycles. The summed E-state index contributed by atoms with van der Waals surface area (Å²) in [5.41, 5.74) is 0. The summed E-state index contributed by atoms with van der Waals surface area (Å²) in [5.74, 6) is 1.77. The number of hydrogen-bond acceptors (Lipinski definition) is 1. The lowest BCUT2D eigenvalue weighted by atomic mass is 10.0. The Bertz CT molecular complexity index is 136. The predicted octanol–water partition coefficient (Wildman–Crippen LogP) is 3.18. The first kappa shape index (κ1) is 13.2. The highest BCUT2D eigenvalue weighted by atomic mass is 35.5. The molecule has 1 rings (SSSR count). The van der Waals surface area contributed by atoms with Crippen molar-refractivity contribution in [3.05, 3.63) is 0 Å². The van der Waals surface area contributed by atoms with Crippen LogP contribution in [0.25, 0.3) is 0 Å². The number of rotatable bonds is 3. The molecule has 2 atom stereocenters. The van der Waals surface area contributed by atoms with Gasteiger partial charge in [0.05, 0.1) is 0 Å². The fourth-order valence-electron chi connectivity index (χ4n) is 1.91. The monoisotopic (exact) mass is 205 g/mol. The molecule has 1 aliphatic heterocycles. The van der Waals surface area contributed by atoms with Crippen LogP contribution in [0, 0.1) is 11.8 Å². The van der Waals surface area contributed by atoms with Gasteiger partial charge in [0, 0.05) is 6.04 Å². The average Bonchev–Trinajstić information content (AvgIpc) is 2.30. The largest absolute Gasteiger partial charge is 0.300 e. The summed E-state index contributed by atoms with van der Waals surface area (Å²) in [6, 6.07) is 0.823. The Morgan fingerprint density at radius 3 is 2.31 bits per heavy atom. The van der Waals surface area contributed by atoms with Gasteiger partial charge in [-0.3, -0.25) is 0 Å². The van der Waals surface area contributed by atoms with E-state index < -0.39 is 0 Å². The second-order valence-electron chi connectivity index (χ2n) is 4.73. The zero-order valence-electron chi connectivity index (χ0n) is 9.42. The molecule has 1 aliphatic rings. The zero-order valence-corrected chi connectivity index (χ0v) is 10.2. The minimum atomic E-state index is 0. The predicted molar refractivity (Wildman–Crippen MR) is 61.5 cm³/mol. The van der Waals surface area contributed by atoms with Gasteiger partial charge in [-0.1, -0.05) is 20.8 Å². The number of nitrogens with zero attached hydrogens (tertiary/aromatic N) is 1. The molecule has 0 amide bonds. The van der Waals surface area contributed by atoms with Crippen LogP contribution < -0.4 is 0 Å². The van der Waals surface area contributed by atoms with E-state index in [1.165, 1.54) is 25.9 Å². The van der Waals surface area contributed by atoms with Crippen molar-refractivity contribution in [1.82, 2.24) is 4.90 Å². The van der Waals surface area contributed by atoms with Gasteiger partial charge in [-0.2, -0.15) is 0 Å². The van der Waals surface area contributed by atoms with Crippen molar-refractivity contribution in [3.8, 4) is 0 Å². The van der Waals surface area contributed by atoms with E-state index in [0.717, 1.165) is 17.9 Å². The summed E-state index contributed by atoms with van der Waals surface area (Å²) in [7, 11) is 0. The minimum Gasteiger partial charge on any atom is -0.300 e. The molecule has 80 valence electrons. The lowest BCUT2D eigenvalue weighted by molar-refractivity contribution is 0.234. The fourth-order valence-corrected chi connectivity index (χ4v) is 1.91. The maximum atomic E-state index is 2.64. The van der Waals surface area contributed by atoms with Crippen molar-refractivity contribution < 1.29 is 0 Å². The van der Waals surface area contributed by atoms with E-state index >= 15 is 0 Å². The Morgan fingerprint density at radius 2 is 1.92 bits per heavy atom. The molecule has 13 heavy (non-hydrogen) atoms. The van der Waals surface area contributed by atoms with Gasteiger partial charge in [-0.15, -0.1) is 12.4 Å². The van der Waals surface area contributed by atoms with E-state index in [4.69, 9.17) is 0 Å². The van der Waals surface area contributed by atoms with E-state index in [9.17, 15) is 0 Å². The van der Waals surface area contributed by atoms with Crippen molar-refractivity contribution in [3.63, 3.8) is 0 Å². The number of halogens is 1. The van der Waals surface area contributed by atoms with Crippen LogP contribution in [0.5, 0.6) is 0 Å². The summed E-state index contributed by atoms with van der Waals surface area (Å²) in [6.07, 6.45) is 2.76. The third-order valence-corrected chi connectivity index (χ3v) is 3.26. The van der Waals surface area contributed by atoms with Crippen molar-refractivity contribution in [2.45, 2.75) is 46.6 Å². The Labute approximate surface area is 89.3 Å². The maximum absolute atomic E-state index is 2.64. The summed E-state index contributed by atoms with van der Waals surface area (Å²) in [6.45, 7) is 12.0. The Hall–Kier alpha value is 0.250. The molecule has 2 heteroatoms. The van der Waals surface area contributed by atoms with E-state index in [-0.39, 0.29) is 12.4 Å². The van der Waals surface area contributed by atoms with Crippen LogP contribution in [0.2, 0.25) is 0 Å². The van der Waals surface area contributed by atoms with Gasteiger partial charge < -0.3 is 4.90 Å². The molecular weight excluding hydrogens is 182 g/mol. The van der Waals surface area contributed by atoms with Gasteiger partial charge in [-0.25, -0.2) is 0 Å². The molecule has 0 spiro atoms. The lowest BCUT2D eigenvalue weighted by Crippen LogP contribution is -2.30. The first-order valence-corrected chi connectivity index (χ1v) is 5.35. The molecule has 0 radical (unpaired) electrons. The minimum absolute atomic E-state index is 0. The third kappa shape index (κ3) is 3.86. The summed E-state index contributed by atoms with van der Waals surface area (Å²) in [5, 5.41) is 0. The van der Waals surface area contributed by atoms with Gasteiger partial charge in [-0.05, 0) is 44.7 Å². The van der Waals surface area contributed by atoms with Gasteiger partial charge >= 0.3 is 0 Å². The van der Waals surface area contributed by atoms with Crippen LogP contribution >= 0.6 is 12.4 Å². The average molecular weight is 206 g/mol. The van der Waals surface area contributed by atoms with Gasteiger partial charge in [0.15, 0.2) is 0 Å². The van der Waals surface area contributed by atoms with Crippen LogP contribution in [0.4, 0.5) is 0 Å². The van der Waals surface area contributed by atoms with E-state index in [2.05, 4.69) is 32.6 Å². The van der Waals surface area contributed by atoms with E-state index in [1.54, 1.807) is 0 Å². The summed E-state index contributed by atoms with van der Waals surface area (Å²) >= 11 is 0. The molecule has 0 aromatic rings. The SMILES string of the molecule is CC(C)CCN1CCC(C)C1C.Cl. The van der Waals surface area contributed by atoms with Crippen LogP contribution in [0.3, 0.4) is 0 Å². The quantitative estimate of drug-likeness (QED) is 0.684. The molecule has 1 heterocycles. The van der Waals surface area contributed by atoms with Crippen LogP contribution in [-0.2, 0) is 0 Å². The highest BCUT2D eigenvalue weighted by Crippen LogP contribution is 2.23. The standard InChI is InChI=1S/C11H23N.ClH/c1-9(2)5-7-12-8-6-10(3)11(12)4;/h9-11H,5-8H2,1-4H3;1H. The molecule has 0 saturated carbocycles. The van der Waals surface area contributed by atoms with Crippen LogP contribution in [0.1, 0.15) is 40.5 Å². The third-order valence-electron chi connectivity index (χ3n) is 3.26. The highest BCUT2D eigenvalue weighted by molar-refractivity contribution is 5.85. The molecule has 2 unspecified atom stereocenters. The topological polar surface area (TPSA) is 3.24 Å². The Morgan fingerprint density at radius 1 is 1.31 bits per heavy atom. The van der Waals surface area contributed by atoms with Crippen LogP contribution in [-0.4, -0.2) is 24.0 Å². The molecular formula is C11H24ClN. The molecule has 0 aliphatic carbocycles. The van der Waals surface area contributed by atoms with Gasteiger partial charge in [0.2, 0.25) is 0 Å². The van der Waals surface area contributed by atoms with E-state index in [1.807, 2.05) is 0 Å². The first-order chi connectivity index (χ1) is 5.61. The second-order valence-corrected chi connectivity index (χ2v) is 4.73. The molecule has 1 fully saturated rings. The molecule has 0 bridgehead atoms. The zero-order chi connectivity index (χ0) is 9.14. The molecule has 1 nitrogen and oxygen atoms in total. The van der Waals surface area contributed by atoms with Crippen molar-refractivity contribution in [1.29, 1.82) is 0 Å². The van der Waals surface area contributed by atoms with Crippen molar-refractivity contribution in [2.24, 2.45) is 11.8 Å². The second kappa shape index (κ2) is 5.87. The smallest absolute Gasteiger partial charge is 0.00930 e. The van der Waals surface area contributed by atoms with Gasteiger partial charge in [0.1, 0.15) is 0 Å². The first-order valence-electron chi connectivity index (χ1n) is 5.35. The fraction of sp³-hybridized carbons (Fsp3) is 1.00.